The minimum absolute atomic E-state index is 0.00700. The van der Waals surface area contributed by atoms with E-state index >= 15 is 0 Å². The first kappa shape index (κ1) is 12.6. The highest BCUT2D eigenvalue weighted by Gasteiger charge is 2.12. The van der Waals surface area contributed by atoms with Gasteiger partial charge in [0.05, 0.1) is 10.9 Å². The van der Waals surface area contributed by atoms with Gasteiger partial charge in [0.1, 0.15) is 5.88 Å². The smallest absolute Gasteiger partial charge is 0.238 e. The molecule has 0 unspecified atom stereocenters. The summed E-state index contributed by atoms with van der Waals surface area (Å²) in [6.07, 6.45) is 1.68. The second-order valence-corrected chi connectivity index (χ2v) is 4.97. The topological polar surface area (TPSA) is 20.3 Å². The van der Waals surface area contributed by atoms with Gasteiger partial charge in [-0.25, -0.2) is 0 Å². The van der Waals surface area contributed by atoms with E-state index in [-0.39, 0.29) is 11.8 Å². The van der Waals surface area contributed by atoms with E-state index in [1.54, 1.807) is 11.0 Å². The first-order valence-corrected chi connectivity index (χ1v) is 6.09. The average molecular weight is 264 g/mol. The Balaban J connectivity index is 2.65. The van der Waals surface area contributed by atoms with Crippen LogP contribution in [0.4, 0.5) is 0 Å². The third-order valence-electron chi connectivity index (χ3n) is 1.79. The maximum atomic E-state index is 11.4. The third-order valence-corrected chi connectivity index (χ3v) is 3.24. The molecular formula is C10H11Cl2NOS. The zero-order valence-electron chi connectivity index (χ0n) is 8.08. The molecule has 5 heteroatoms. The summed E-state index contributed by atoms with van der Waals surface area (Å²) >= 11 is 12.8. The van der Waals surface area contributed by atoms with Crippen molar-refractivity contribution in [2.45, 2.75) is 6.54 Å². The van der Waals surface area contributed by atoms with Crippen LogP contribution in [0.15, 0.2) is 24.8 Å². The largest absolute Gasteiger partial charge is 0.333 e. The van der Waals surface area contributed by atoms with E-state index < -0.39 is 0 Å². The monoisotopic (exact) mass is 263 g/mol. The third kappa shape index (κ3) is 3.86. The Bertz CT molecular complexity index is 351. The standard InChI is InChI=1S/C10H11Cl2NOS/c1-2-5-13(10(14)6-11)7-8-3-4-9(12)15-8/h2-4H,1,5-7H2. The van der Waals surface area contributed by atoms with Crippen molar-refractivity contribution < 1.29 is 4.79 Å². The first-order valence-electron chi connectivity index (χ1n) is 4.36. The average Bonchev–Trinajstić information content (AvgIpc) is 2.62. The fourth-order valence-corrected chi connectivity index (χ4v) is 2.39. The number of hydrogen-bond acceptors (Lipinski definition) is 2. The Labute approximate surface area is 103 Å². The zero-order valence-corrected chi connectivity index (χ0v) is 10.4. The first-order chi connectivity index (χ1) is 7.17. The summed E-state index contributed by atoms with van der Waals surface area (Å²) in [6, 6.07) is 3.73. The van der Waals surface area contributed by atoms with E-state index in [1.165, 1.54) is 11.3 Å². The quantitative estimate of drug-likeness (QED) is 0.591. The molecule has 0 aliphatic carbocycles. The SMILES string of the molecule is C=CCN(Cc1ccc(Cl)s1)C(=O)CCl. The van der Waals surface area contributed by atoms with Crippen molar-refractivity contribution in [3.05, 3.63) is 34.0 Å². The van der Waals surface area contributed by atoms with Crippen LogP contribution in [-0.4, -0.2) is 23.2 Å². The van der Waals surface area contributed by atoms with Gasteiger partial charge in [-0.2, -0.15) is 0 Å². The van der Waals surface area contributed by atoms with Crippen molar-refractivity contribution in [3.8, 4) is 0 Å². The van der Waals surface area contributed by atoms with Crippen molar-refractivity contribution in [3.63, 3.8) is 0 Å². The van der Waals surface area contributed by atoms with Gasteiger partial charge in [0.25, 0.3) is 0 Å². The number of thiophene rings is 1. The molecule has 0 radical (unpaired) electrons. The molecule has 0 aliphatic heterocycles. The highest BCUT2D eigenvalue weighted by Crippen LogP contribution is 2.22. The van der Waals surface area contributed by atoms with Gasteiger partial charge < -0.3 is 4.90 Å². The predicted molar refractivity (Wildman–Crippen MR) is 65.7 cm³/mol. The molecule has 0 saturated heterocycles. The minimum Gasteiger partial charge on any atom is -0.333 e. The Morgan fingerprint density at radius 3 is 2.80 bits per heavy atom. The molecule has 1 heterocycles. The van der Waals surface area contributed by atoms with E-state index in [1.807, 2.05) is 12.1 Å². The number of nitrogens with zero attached hydrogens (tertiary/aromatic N) is 1. The molecule has 1 rings (SSSR count). The summed E-state index contributed by atoms with van der Waals surface area (Å²) in [5.41, 5.74) is 0. The molecule has 2 nitrogen and oxygen atoms in total. The van der Waals surface area contributed by atoms with E-state index in [2.05, 4.69) is 6.58 Å². The summed E-state index contributed by atoms with van der Waals surface area (Å²) in [6.45, 7) is 4.64. The number of rotatable bonds is 5. The Hall–Kier alpha value is -0.510. The van der Waals surface area contributed by atoms with Gasteiger partial charge in [-0.1, -0.05) is 17.7 Å². The van der Waals surface area contributed by atoms with Gasteiger partial charge in [0, 0.05) is 11.4 Å². The van der Waals surface area contributed by atoms with Crippen LogP contribution in [0.5, 0.6) is 0 Å². The van der Waals surface area contributed by atoms with E-state index in [9.17, 15) is 4.79 Å². The number of carbonyl (C=O) groups excluding carboxylic acids is 1. The minimum atomic E-state index is -0.0962. The van der Waals surface area contributed by atoms with Crippen LogP contribution in [0.1, 0.15) is 4.88 Å². The van der Waals surface area contributed by atoms with Gasteiger partial charge in [-0.15, -0.1) is 29.5 Å². The number of alkyl halides is 1. The van der Waals surface area contributed by atoms with Crippen molar-refractivity contribution in [2.24, 2.45) is 0 Å². The molecule has 0 bridgehead atoms. The molecule has 0 saturated carbocycles. The molecule has 1 aromatic rings. The maximum Gasteiger partial charge on any atom is 0.238 e. The Morgan fingerprint density at radius 1 is 1.60 bits per heavy atom. The maximum absolute atomic E-state index is 11.4. The summed E-state index contributed by atoms with van der Waals surface area (Å²) in [5.74, 6) is -0.103. The highest BCUT2D eigenvalue weighted by molar-refractivity contribution is 7.16. The van der Waals surface area contributed by atoms with Gasteiger partial charge in [-0.05, 0) is 12.1 Å². The fraction of sp³-hybridized carbons (Fsp3) is 0.300. The zero-order chi connectivity index (χ0) is 11.3. The Kier molecular flexibility index (Phi) is 5.15. The van der Waals surface area contributed by atoms with Crippen LogP contribution in [0.25, 0.3) is 0 Å². The van der Waals surface area contributed by atoms with Gasteiger partial charge in [0.2, 0.25) is 5.91 Å². The summed E-state index contributed by atoms with van der Waals surface area (Å²) < 4.78 is 0.724. The molecule has 0 atom stereocenters. The second kappa shape index (κ2) is 6.16. The van der Waals surface area contributed by atoms with Crippen molar-refractivity contribution in [1.82, 2.24) is 4.90 Å². The summed E-state index contributed by atoms with van der Waals surface area (Å²) in [5, 5.41) is 0. The number of halogens is 2. The van der Waals surface area contributed by atoms with Crippen LogP contribution in [0.3, 0.4) is 0 Å². The molecule has 15 heavy (non-hydrogen) atoms. The number of carbonyl (C=O) groups is 1. The van der Waals surface area contributed by atoms with E-state index in [4.69, 9.17) is 23.2 Å². The van der Waals surface area contributed by atoms with Gasteiger partial charge in [0.15, 0.2) is 0 Å². The molecule has 1 aromatic heterocycles. The second-order valence-electron chi connectivity index (χ2n) is 2.90. The lowest BCUT2D eigenvalue weighted by Crippen LogP contribution is -2.31. The number of hydrogen-bond donors (Lipinski definition) is 0. The van der Waals surface area contributed by atoms with Crippen LogP contribution in [0.2, 0.25) is 4.34 Å². The van der Waals surface area contributed by atoms with Gasteiger partial charge in [-0.3, -0.25) is 4.79 Å². The van der Waals surface area contributed by atoms with Crippen LogP contribution < -0.4 is 0 Å². The van der Waals surface area contributed by atoms with Crippen molar-refractivity contribution >= 4 is 40.4 Å². The summed E-state index contributed by atoms with van der Waals surface area (Å²) in [4.78, 5) is 14.1. The fourth-order valence-electron chi connectivity index (χ4n) is 1.12. The molecule has 0 fully saturated rings. The van der Waals surface area contributed by atoms with Gasteiger partial charge >= 0.3 is 0 Å². The lowest BCUT2D eigenvalue weighted by Gasteiger charge is -2.18. The molecule has 0 spiro atoms. The lowest BCUT2D eigenvalue weighted by atomic mass is 10.4. The van der Waals surface area contributed by atoms with E-state index in [0.717, 1.165) is 9.21 Å². The van der Waals surface area contributed by atoms with Crippen LogP contribution in [0, 0.1) is 0 Å². The molecular weight excluding hydrogens is 253 g/mol. The molecule has 0 N–H and O–H groups in total. The van der Waals surface area contributed by atoms with Crippen LogP contribution in [-0.2, 0) is 11.3 Å². The van der Waals surface area contributed by atoms with Crippen molar-refractivity contribution in [1.29, 1.82) is 0 Å². The lowest BCUT2D eigenvalue weighted by molar-refractivity contribution is -0.128. The Morgan fingerprint density at radius 2 is 2.33 bits per heavy atom. The number of amides is 1. The molecule has 1 amide bonds. The molecule has 82 valence electrons. The molecule has 0 aliphatic rings. The van der Waals surface area contributed by atoms with E-state index in [0.29, 0.717) is 13.1 Å². The molecule has 0 aromatic carbocycles. The summed E-state index contributed by atoms with van der Waals surface area (Å²) in [7, 11) is 0. The van der Waals surface area contributed by atoms with Crippen LogP contribution >= 0.6 is 34.5 Å². The predicted octanol–water partition coefficient (Wildman–Crippen LogP) is 3.15. The highest BCUT2D eigenvalue weighted by atomic mass is 35.5. The normalized spacial score (nSPS) is 10.0. The van der Waals surface area contributed by atoms with Crippen molar-refractivity contribution in [2.75, 3.05) is 12.4 Å².